The molecule has 8 heteroatoms. The predicted octanol–water partition coefficient (Wildman–Crippen LogP) is 6.49. The van der Waals surface area contributed by atoms with E-state index >= 15 is 0 Å². The van der Waals surface area contributed by atoms with Crippen molar-refractivity contribution >= 4 is 11.7 Å². The lowest BCUT2D eigenvalue weighted by Crippen LogP contribution is -2.36. The summed E-state index contributed by atoms with van der Waals surface area (Å²) in [5, 5.41) is 3.11. The van der Waals surface area contributed by atoms with E-state index in [9.17, 15) is 4.79 Å². The van der Waals surface area contributed by atoms with Gasteiger partial charge in [0.05, 0.1) is 13.1 Å². The van der Waals surface area contributed by atoms with Crippen molar-refractivity contribution in [2.45, 2.75) is 97.2 Å². The standard InChI is InChI=1S/C35H57N7O/c1-6-37-33(36-4)27-41(28-34-38-22-23-39-34)26-30-17-19-31(20-18-30)35(43)40(5)25-21-29(3)14-13-24-42(7-2)32-15-11-9-8-10-12-16-32/h6,17-20,22-23,29,32H,1,7-16,21,24-28H2,2-5H3,(H,36,37)(H,38,39). The molecule has 1 heterocycles. The van der Waals surface area contributed by atoms with Crippen molar-refractivity contribution in [1.82, 2.24) is 30.0 Å². The number of hydrogen-bond acceptors (Lipinski definition) is 5. The quantitative estimate of drug-likeness (QED) is 0.162. The van der Waals surface area contributed by atoms with Gasteiger partial charge in [-0.15, -0.1) is 0 Å². The molecule has 1 amide bonds. The number of nitrogens with one attached hydrogen (secondary N) is 2. The molecule has 1 atom stereocenters. The van der Waals surface area contributed by atoms with Gasteiger partial charge in [-0.05, 0) is 75.0 Å². The highest BCUT2D eigenvalue weighted by molar-refractivity contribution is 5.94. The molecular formula is C35H57N7O. The highest BCUT2D eigenvalue weighted by Gasteiger charge is 2.19. The Balaban J connectivity index is 1.44. The van der Waals surface area contributed by atoms with Gasteiger partial charge in [0.25, 0.3) is 5.91 Å². The monoisotopic (exact) mass is 591 g/mol. The fourth-order valence-electron chi connectivity index (χ4n) is 6.21. The number of amidine groups is 1. The first kappa shape index (κ1) is 34.5. The van der Waals surface area contributed by atoms with Gasteiger partial charge in [0.15, 0.2) is 0 Å². The van der Waals surface area contributed by atoms with Crippen LogP contribution in [0.2, 0.25) is 0 Å². The van der Waals surface area contributed by atoms with Gasteiger partial charge in [0, 0.05) is 51.2 Å². The van der Waals surface area contributed by atoms with Crippen LogP contribution in [0.5, 0.6) is 0 Å². The summed E-state index contributed by atoms with van der Waals surface area (Å²) in [6, 6.07) is 8.80. The lowest BCUT2D eigenvalue weighted by atomic mass is 9.95. The molecule has 3 rings (SSSR count). The summed E-state index contributed by atoms with van der Waals surface area (Å²) in [5.74, 6) is 2.43. The third-order valence-corrected chi connectivity index (χ3v) is 8.89. The Hall–Kier alpha value is -2.97. The van der Waals surface area contributed by atoms with Crippen LogP contribution in [0, 0.1) is 5.92 Å². The van der Waals surface area contributed by atoms with Crippen molar-refractivity contribution in [2.24, 2.45) is 10.9 Å². The van der Waals surface area contributed by atoms with Crippen LogP contribution in [0.4, 0.5) is 0 Å². The van der Waals surface area contributed by atoms with Gasteiger partial charge >= 0.3 is 0 Å². The smallest absolute Gasteiger partial charge is 0.253 e. The molecule has 0 spiro atoms. The zero-order valence-electron chi connectivity index (χ0n) is 27.4. The predicted molar refractivity (Wildman–Crippen MR) is 179 cm³/mol. The van der Waals surface area contributed by atoms with E-state index in [1.54, 1.807) is 19.4 Å². The summed E-state index contributed by atoms with van der Waals surface area (Å²) in [7, 11) is 3.70. The maximum absolute atomic E-state index is 13.2. The van der Waals surface area contributed by atoms with Crippen molar-refractivity contribution in [3.8, 4) is 0 Å². The molecule has 1 fully saturated rings. The van der Waals surface area contributed by atoms with Gasteiger partial charge in [0.1, 0.15) is 11.7 Å². The van der Waals surface area contributed by atoms with E-state index in [4.69, 9.17) is 0 Å². The summed E-state index contributed by atoms with van der Waals surface area (Å²) in [4.78, 5) is 32.0. The second-order valence-electron chi connectivity index (χ2n) is 12.3. The van der Waals surface area contributed by atoms with Crippen molar-refractivity contribution in [1.29, 1.82) is 0 Å². The van der Waals surface area contributed by atoms with Crippen molar-refractivity contribution in [3.05, 3.63) is 66.4 Å². The number of imidazole rings is 1. The van der Waals surface area contributed by atoms with E-state index in [1.165, 1.54) is 64.3 Å². The first-order valence-corrected chi connectivity index (χ1v) is 16.6. The molecule has 0 bridgehead atoms. The number of nitrogens with zero attached hydrogens (tertiary/aromatic N) is 5. The number of carbonyl (C=O) groups is 1. The minimum absolute atomic E-state index is 0.0863. The first-order chi connectivity index (χ1) is 20.9. The largest absolute Gasteiger partial charge is 0.350 e. The molecule has 1 saturated carbocycles. The van der Waals surface area contributed by atoms with E-state index < -0.39 is 0 Å². The van der Waals surface area contributed by atoms with Gasteiger partial charge in [-0.2, -0.15) is 0 Å². The van der Waals surface area contributed by atoms with Crippen LogP contribution in [0.1, 0.15) is 99.8 Å². The number of hydrogen-bond donors (Lipinski definition) is 2. The molecule has 1 aromatic carbocycles. The third-order valence-electron chi connectivity index (χ3n) is 8.89. The molecule has 0 aliphatic heterocycles. The average Bonchev–Trinajstić information content (AvgIpc) is 3.51. The van der Waals surface area contributed by atoms with E-state index in [0.717, 1.165) is 48.3 Å². The van der Waals surface area contributed by atoms with Crippen LogP contribution in [-0.4, -0.2) is 82.7 Å². The van der Waals surface area contributed by atoms with E-state index in [-0.39, 0.29) is 5.91 Å². The lowest BCUT2D eigenvalue weighted by molar-refractivity contribution is 0.0787. The highest BCUT2D eigenvalue weighted by Crippen LogP contribution is 2.22. The minimum atomic E-state index is 0.0863. The number of benzene rings is 1. The van der Waals surface area contributed by atoms with Crippen molar-refractivity contribution in [3.63, 3.8) is 0 Å². The summed E-state index contributed by atoms with van der Waals surface area (Å²) in [5.41, 5.74) is 1.87. The molecule has 1 aliphatic carbocycles. The average molecular weight is 592 g/mol. The fraction of sp³-hybridized carbons (Fsp3) is 0.629. The fourth-order valence-corrected chi connectivity index (χ4v) is 6.21. The first-order valence-electron chi connectivity index (χ1n) is 16.6. The van der Waals surface area contributed by atoms with Gasteiger partial charge in [0.2, 0.25) is 0 Å². The van der Waals surface area contributed by atoms with Crippen LogP contribution in [-0.2, 0) is 13.1 Å². The van der Waals surface area contributed by atoms with Crippen LogP contribution in [0.25, 0.3) is 0 Å². The Morgan fingerprint density at radius 3 is 2.47 bits per heavy atom. The molecule has 238 valence electrons. The summed E-state index contributed by atoms with van der Waals surface area (Å²) in [6.07, 6.45) is 18.6. The molecule has 8 nitrogen and oxygen atoms in total. The molecule has 1 unspecified atom stereocenters. The second-order valence-corrected chi connectivity index (χ2v) is 12.3. The number of rotatable bonds is 17. The Kier molecular flexibility index (Phi) is 15.5. The topological polar surface area (TPSA) is 79.9 Å². The molecule has 0 saturated heterocycles. The normalized spacial score (nSPS) is 15.7. The maximum atomic E-state index is 13.2. The van der Waals surface area contributed by atoms with Crippen LogP contribution in [0.3, 0.4) is 0 Å². The molecular weight excluding hydrogens is 534 g/mol. The van der Waals surface area contributed by atoms with Gasteiger partial charge < -0.3 is 20.1 Å². The van der Waals surface area contributed by atoms with E-state index in [2.05, 4.69) is 62.6 Å². The van der Waals surface area contributed by atoms with Gasteiger partial charge in [-0.1, -0.05) is 64.7 Å². The molecule has 2 N–H and O–H groups in total. The third kappa shape index (κ3) is 12.3. The Bertz CT molecular complexity index is 1070. The zero-order chi connectivity index (χ0) is 30.9. The maximum Gasteiger partial charge on any atom is 0.253 e. The Morgan fingerprint density at radius 2 is 1.84 bits per heavy atom. The molecule has 43 heavy (non-hydrogen) atoms. The number of aliphatic imine (C=N–C) groups is 1. The molecule has 2 aromatic rings. The zero-order valence-corrected chi connectivity index (χ0v) is 27.4. The minimum Gasteiger partial charge on any atom is -0.350 e. The summed E-state index contributed by atoms with van der Waals surface area (Å²) >= 11 is 0. The van der Waals surface area contributed by atoms with E-state index in [1.807, 2.05) is 30.3 Å². The second kappa shape index (κ2) is 19.3. The summed E-state index contributed by atoms with van der Waals surface area (Å²) in [6.45, 7) is 13.6. The SMILES string of the molecule is C=CNC(CN(Cc1ccc(C(=O)N(C)CCC(C)CCCN(CC)C2CCCCCCC2)cc1)Cc1ncc[nH]1)=NC. The lowest BCUT2D eigenvalue weighted by Gasteiger charge is -2.32. The van der Waals surface area contributed by atoms with Crippen LogP contribution >= 0.6 is 0 Å². The van der Waals surface area contributed by atoms with Crippen molar-refractivity contribution < 1.29 is 4.79 Å². The molecule has 1 aliphatic rings. The number of carbonyl (C=O) groups excluding carboxylic acids is 1. The summed E-state index contributed by atoms with van der Waals surface area (Å²) < 4.78 is 0. The Morgan fingerprint density at radius 1 is 1.12 bits per heavy atom. The van der Waals surface area contributed by atoms with Crippen LogP contribution < -0.4 is 5.32 Å². The number of amides is 1. The number of aromatic nitrogens is 2. The number of H-pyrrole nitrogens is 1. The van der Waals surface area contributed by atoms with Crippen molar-refractivity contribution in [2.75, 3.05) is 40.3 Å². The Labute approximate surface area is 261 Å². The molecule has 1 aromatic heterocycles. The van der Waals surface area contributed by atoms with E-state index in [0.29, 0.717) is 25.6 Å². The van der Waals surface area contributed by atoms with Gasteiger partial charge in [-0.3, -0.25) is 14.7 Å². The van der Waals surface area contributed by atoms with Gasteiger partial charge in [-0.25, -0.2) is 4.98 Å². The highest BCUT2D eigenvalue weighted by atomic mass is 16.2. The number of aromatic amines is 1. The van der Waals surface area contributed by atoms with Crippen LogP contribution in [0.15, 0.2) is 54.4 Å². The molecule has 0 radical (unpaired) electrons.